The third kappa shape index (κ3) is 3.76. The topological polar surface area (TPSA) is 62.2 Å². The van der Waals surface area contributed by atoms with Gasteiger partial charge in [-0.15, -0.1) is 11.3 Å². The molecule has 3 aromatic rings. The second-order valence-electron chi connectivity index (χ2n) is 5.23. The summed E-state index contributed by atoms with van der Waals surface area (Å²) < 4.78 is 0. The molecule has 1 aromatic heterocycles. The number of hydrogen-bond acceptors (Lipinski definition) is 4. The number of nitrogens with zero attached hydrogens (tertiary/aromatic N) is 1. The fraction of sp³-hybridized carbons (Fsp3) is 0.111. The van der Waals surface area contributed by atoms with E-state index in [-0.39, 0.29) is 11.7 Å². The molecule has 0 aliphatic carbocycles. The van der Waals surface area contributed by atoms with E-state index in [4.69, 9.17) is 0 Å². The number of aromatic hydroxyl groups is 1. The first kappa shape index (κ1) is 15.2. The van der Waals surface area contributed by atoms with Crippen LogP contribution >= 0.6 is 11.3 Å². The van der Waals surface area contributed by atoms with E-state index in [1.54, 1.807) is 18.2 Å². The molecule has 0 aliphatic heterocycles. The zero-order valence-corrected chi connectivity index (χ0v) is 13.4. The van der Waals surface area contributed by atoms with Crippen LogP contribution in [0.2, 0.25) is 0 Å². The highest BCUT2D eigenvalue weighted by atomic mass is 32.1. The predicted molar refractivity (Wildman–Crippen MR) is 91.6 cm³/mol. The standard InChI is InChI=1S/C18H16N2O2S/c1-12-3-2-4-14(9-12)18(22)19-10-17-20-16(11-23-17)13-5-7-15(21)8-6-13/h2-9,11,21H,10H2,1H3,(H,19,22). The predicted octanol–water partition coefficient (Wildman–Crippen LogP) is 3.75. The summed E-state index contributed by atoms with van der Waals surface area (Å²) in [7, 11) is 0. The molecule has 0 radical (unpaired) electrons. The first-order valence-electron chi connectivity index (χ1n) is 7.20. The largest absolute Gasteiger partial charge is 0.508 e. The summed E-state index contributed by atoms with van der Waals surface area (Å²) in [6, 6.07) is 14.4. The Morgan fingerprint density at radius 3 is 2.74 bits per heavy atom. The molecular formula is C18H16N2O2S. The monoisotopic (exact) mass is 324 g/mol. The minimum Gasteiger partial charge on any atom is -0.508 e. The Morgan fingerprint density at radius 2 is 2.00 bits per heavy atom. The number of phenols is 1. The van der Waals surface area contributed by atoms with Crippen LogP contribution in [-0.2, 0) is 6.54 Å². The first-order chi connectivity index (χ1) is 11.1. The molecular weight excluding hydrogens is 308 g/mol. The van der Waals surface area contributed by atoms with Crippen LogP contribution in [0.3, 0.4) is 0 Å². The smallest absolute Gasteiger partial charge is 0.251 e. The lowest BCUT2D eigenvalue weighted by atomic mass is 10.1. The van der Waals surface area contributed by atoms with Crippen molar-refractivity contribution in [2.45, 2.75) is 13.5 Å². The van der Waals surface area contributed by atoms with Crippen LogP contribution in [0.15, 0.2) is 53.9 Å². The highest BCUT2D eigenvalue weighted by Crippen LogP contribution is 2.23. The van der Waals surface area contributed by atoms with Crippen LogP contribution in [-0.4, -0.2) is 16.0 Å². The Bertz CT molecular complexity index is 825. The van der Waals surface area contributed by atoms with Crippen molar-refractivity contribution in [1.82, 2.24) is 10.3 Å². The molecule has 0 saturated heterocycles. The normalized spacial score (nSPS) is 10.5. The minimum atomic E-state index is -0.102. The van der Waals surface area contributed by atoms with Crippen molar-refractivity contribution >= 4 is 17.2 Å². The van der Waals surface area contributed by atoms with Gasteiger partial charge in [-0.25, -0.2) is 4.98 Å². The van der Waals surface area contributed by atoms with Crippen molar-refractivity contribution < 1.29 is 9.90 Å². The molecule has 5 heteroatoms. The van der Waals surface area contributed by atoms with Crippen LogP contribution in [0.25, 0.3) is 11.3 Å². The summed E-state index contributed by atoms with van der Waals surface area (Å²) >= 11 is 1.50. The van der Waals surface area contributed by atoms with E-state index in [9.17, 15) is 9.90 Å². The highest BCUT2D eigenvalue weighted by molar-refractivity contribution is 7.09. The third-order valence-corrected chi connectivity index (χ3v) is 4.24. The van der Waals surface area contributed by atoms with E-state index in [0.717, 1.165) is 21.8 Å². The van der Waals surface area contributed by atoms with Crippen molar-refractivity contribution in [3.05, 3.63) is 70.0 Å². The molecule has 23 heavy (non-hydrogen) atoms. The average molecular weight is 324 g/mol. The summed E-state index contributed by atoms with van der Waals surface area (Å²) in [6.45, 7) is 2.36. The van der Waals surface area contributed by atoms with Gasteiger partial charge in [-0.1, -0.05) is 17.7 Å². The molecule has 1 amide bonds. The van der Waals surface area contributed by atoms with Gasteiger partial charge in [0.15, 0.2) is 0 Å². The van der Waals surface area contributed by atoms with Crippen LogP contribution in [0.5, 0.6) is 5.75 Å². The lowest BCUT2D eigenvalue weighted by Gasteiger charge is -2.04. The van der Waals surface area contributed by atoms with E-state index < -0.39 is 0 Å². The molecule has 0 unspecified atom stereocenters. The molecule has 116 valence electrons. The van der Waals surface area contributed by atoms with Crippen LogP contribution in [0, 0.1) is 6.92 Å². The molecule has 0 aliphatic rings. The number of phenolic OH excluding ortho intramolecular Hbond substituents is 1. The van der Waals surface area contributed by atoms with Gasteiger partial charge in [0.25, 0.3) is 5.91 Å². The Hall–Kier alpha value is -2.66. The number of carbonyl (C=O) groups excluding carboxylic acids is 1. The summed E-state index contributed by atoms with van der Waals surface area (Å²) in [5.41, 5.74) is 3.49. The second-order valence-corrected chi connectivity index (χ2v) is 6.17. The van der Waals surface area contributed by atoms with Gasteiger partial charge in [-0.3, -0.25) is 4.79 Å². The summed E-state index contributed by atoms with van der Waals surface area (Å²) in [5.74, 6) is 0.129. The van der Waals surface area contributed by atoms with Gasteiger partial charge >= 0.3 is 0 Å². The number of nitrogens with one attached hydrogen (secondary N) is 1. The molecule has 2 aromatic carbocycles. The van der Waals surface area contributed by atoms with Crippen molar-refractivity contribution in [2.75, 3.05) is 0 Å². The van der Waals surface area contributed by atoms with E-state index in [1.165, 1.54) is 11.3 Å². The van der Waals surface area contributed by atoms with Gasteiger partial charge < -0.3 is 10.4 Å². The first-order valence-corrected chi connectivity index (χ1v) is 8.08. The molecule has 2 N–H and O–H groups in total. The lowest BCUT2D eigenvalue weighted by molar-refractivity contribution is 0.0951. The number of thiazole rings is 1. The average Bonchev–Trinajstić information content (AvgIpc) is 3.02. The van der Waals surface area contributed by atoms with Gasteiger partial charge in [0.2, 0.25) is 0 Å². The van der Waals surface area contributed by atoms with Gasteiger partial charge in [0.05, 0.1) is 12.2 Å². The Kier molecular flexibility index (Phi) is 4.39. The van der Waals surface area contributed by atoms with E-state index in [1.807, 2.05) is 42.6 Å². The maximum atomic E-state index is 12.1. The van der Waals surface area contributed by atoms with E-state index >= 15 is 0 Å². The van der Waals surface area contributed by atoms with Crippen molar-refractivity contribution in [1.29, 1.82) is 0 Å². The number of rotatable bonds is 4. The SMILES string of the molecule is Cc1cccc(C(=O)NCc2nc(-c3ccc(O)cc3)cs2)c1. The molecule has 0 bridgehead atoms. The molecule has 0 saturated carbocycles. The van der Waals surface area contributed by atoms with Gasteiger partial charge in [-0.2, -0.15) is 0 Å². The Labute approximate surface area is 138 Å². The molecule has 3 rings (SSSR count). The zero-order chi connectivity index (χ0) is 16.2. The number of benzene rings is 2. The number of amides is 1. The second kappa shape index (κ2) is 6.62. The quantitative estimate of drug-likeness (QED) is 0.768. The number of aromatic nitrogens is 1. The maximum absolute atomic E-state index is 12.1. The van der Waals surface area contributed by atoms with E-state index in [0.29, 0.717) is 12.1 Å². The van der Waals surface area contributed by atoms with Crippen LogP contribution in [0.4, 0.5) is 0 Å². The molecule has 0 atom stereocenters. The van der Waals surface area contributed by atoms with Crippen LogP contribution in [0.1, 0.15) is 20.9 Å². The third-order valence-electron chi connectivity index (χ3n) is 3.40. The molecule has 1 heterocycles. The number of carbonyl (C=O) groups is 1. The fourth-order valence-electron chi connectivity index (χ4n) is 2.20. The lowest BCUT2D eigenvalue weighted by Crippen LogP contribution is -2.22. The molecule has 0 spiro atoms. The Balaban J connectivity index is 1.65. The van der Waals surface area contributed by atoms with Gasteiger partial charge in [0, 0.05) is 16.5 Å². The van der Waals surface area contributed by atoms with Crippen LogP contribution < -0.4 is 5.32 Å². The summed E-state index contributed by atoms with van der Waals surface area (Å²) in [5, 5.41) is 15.0. The zero-order valence-electron chi connectivity index (χ0n) is 12.6. The number of aryl methyl sites for hydroxylation is 1. The summed E-state index contributed by atoms with van der Waals surface area (Å²) in [6.07, 6.45) is 0. The van der Waals surface area contributed by atoms with E-state index in [2.05, 4.69) is 10.3 Å². The number of hydrogen-bond donors (Lipinski definition) is 2. The highest BCUT2D eigenvalue weighted by Gasteiger charge is 2.08. The fourth-order valence-corrected chi connectivity index (χ4v) is 2.94. The van der Waals surface area contributed by atoms with Crippen molar-refractivity contribution in [3.8, 4) is 17.0 Å². The van der Waals surface area contributed by atoms with Crippen molar-refractivity contribution in [3.63, 3.8) is 0 Å². The maximum Gasteiger partial charge on any atom is 0.251 e. The van der Waals surface area contributed by atoms with Gasteiger partial charge in [-0.05, 0) is 43.3 Å². The van der Waals surface area contributed by atoms with Gasteiger partial charge in [0.1, 0.15) is 10.8 Å². The minimum absolute atomic E-state index is 0.102. The molecule has 4 nitrogen and oxygen atoms in total. The molecule has 0 fully saturated rings. The van der Waals surface area contributed by atoms with Crippen molar-refractivity contribution in [2.24, 2.45) is 0 Å². The summed E-state index contributed by atoms with van der Waals surface area (Å²) in [4.78, 5) is 16.6. The Morgan fingerprint density at radius 1 is 1.22 bits per heavy atom.